The minimum Gasteiger partial charge on any atom is -0.508 e. The molecule has 1 aliphatic rings. The molecule has 5 N–H and O–H groups in total. The third-order valence-corrected chi connectivity index (χ3v) is 4.87. The minimum absolute atomic E-state index is 0.104. The van der Waals surface area contributed by atoms with Crippen LogP contribution in [0.15, 0.2) is 30.9 Å². The van der Waals surface area contributed by atoms with Crippen molar-refractivity contribution in [3.05, 3.63) is 36.4 Å². The van der Waals surface area contributed by atoms with E-state index >= 15 is 0 Å². The van der Waals surface area contributed by atoms with Gasteiger partial charge < -0.3 is 35.2 Å². The molecule has 1 saturated heterocycles. The number of hydrogen-bond acceptors (Lipinski definition) is 10. The van der Waals surface area contributed by atoms with Gasteiger partial charge >= 0.3 is 0 Å². The van der Waals surface area contributed by atoms with Crippen molar-refractivity contribution < 1.29 is 29.9 Å². The van der Waals surface area contributed by atoms with Crippen molar-refractivity contribution in [2.75, 3.05) is 19.0 Å². The van der Waals surface area contributed by atoms with E-state index in [1.165, 1.54) is 30.4 Å². The van der Waals surface area contributed by atoms with Crippen LogP contribution in [0.3, 0.4) is 0 Å². The van der Waals surface area contributed by atoms with Crippen LogP contribution >= 0.6 is 0 Å². The summed E-state index contributed by atoms with van der Waals surface area (Å²) in [6, 6.07) is 4.81. The van der Waals surface area contributed by atoms with Gasteiger partial charge in [-0.15, -0.1) is 0 Å². The Balaban J connectivity index is 1.60. The van der Waals surface area contributed by atoms with Gasteiger partial charge in [-0.1, -0.05) is 0 Å². The lowest BCUT2D eigenvalue weighted by Gasteiger charge is -2.16. The van der Waals surface area contributed by atoms with Crippen LogP contribution in [0.1, 0.15) is 11.8 Å². The predicted octanol–water partition coefficient (Wildman–Crippen LogP) is -0.236. The van der Waals surface area contributed by atoms with Crippen LogP contribution in [0, 0.1) is 0 Å². The zero-order valence-corrected chi connectivity index (χ0v) is 15.5. The van der Waals surface area contributed by atoms with E-state index in [4.69, 9.17) is 9.47 Å². The Labute approximate surface area is 165 Å². The molecule has 0 saturated carbocycles. The van der Waals surface area contributed by atoms with Crippen molar-refractivity contribution in [1.82, 2.24) is 19.5 Å². The standard InChI is InChI=1S/C18H21N5O6/c1-28-11-4-10(25)3-2-9(11)5-19-16-13-17(21-7-20-16)23(8-22-13)18-15(27)14(26)12(6-24)29-18/h2-4,7-8,12,14-15,18,24-27H,5-6H2,1H3,(H,19,20,21)/t12-,14-,15-,18-/m1/s1. The van der Waals surface area contributed by atoms with E-state index in [-0.39, 0.29) is 5.75 Å². The number of aromatic hydroxyl groups is 1. The first kappa shape index (κ1) is 19.3. The van der Waals surface area contributed by atoms with Crippen molar-refractivity contribution in [1.29, 1.82) is 0 Å². The average molecular weight is 403 g/mol. The number of hydrogen-bond donors (Lipinski definition) is 5. The van der Waals surface area contributed by atoms with E-state index < -0.39 is 31.1 Å². The zero-order chi connectivity index (χ0) is 20.5. The number of rotatable bonds is 6. The predicted molar refractivity (Wildman–Crippen MR) is 100 cm³/mol. The Morgan fingerprint density at radius 3 is 2.76 bits per heavy atom. The summed E-state index contributed by atoms with van der Waals surface area (Å²) in [7, 11) is 1.52. The number of fused-ring (bicyclic) bond motifs is 1. The fraction of sp³-hybridized carbons (Fsp3) is 0.389. The first-order chi connectivity index (χ1) is 14.0. The fourth-order valence-corrected chi connectivity index (χ4v) is 3.34. The monoisotopic (exact) mass is 403 g/mol. The summed E-state index contributed by atoms with van der Waals surface area (Å²) in [5.74, 6) is 1.09. The summed E-state index contributed by atoms with van der Waals surface area (Å²) in [5.41, 5.74) is 1.65. The van der Waals surface area contributed by atoms with Crippen LogP contribution in [0.25, 0.3) is 11.2 Å². The number of nitrogens with zero attached hydrogens (tertiary/aromatic N) is 4. The highest BCUT2D eigenvalue weighted by Gasteiger charge is 2.44. The maximum Gasteiger partial charge on any atom is 0.167 e. The van der Waals surface area contributed by atoms with Gasteiger partial charge in [-0.25, -0.2) is 15.0 Å². The van der Waals surface area contributed by atoms with Crippen molar-refractivity contribution in [2.24, 2.45) is 0 Å². The van der Waals surface area contributed by atoms with E-state index in [9.17, 15) is 20.4 Å². The highest BCUT2D eigenvalue weighted by atomic mass is 16.6. The molecule has 0 unspecified atom stereocenters. The SMILES string of the molecule is COc1cc(O)ccc1CNc1ncnc2c1ncn2[C@@H]1O[C@H](CO)[C@@H](O)[C@H]1O. The molecule has 3 heterocycles. The molecule has 11 nitrogen and oxygen atoms in total. The second kappa shape index (κ2) is 7.79. The van der Waals surface area contributed by atoms with Crippen molar-refractivity contribution in [3.63, 3.8) is 0 Å². The smallest absolute Gasteiger partial charge is 0.167 e. The lowest BCUT2D eigenvalue weighted by atomic mass is 10.1. The third-order valence-electron chi connectivity index (χ3n) is 4.87. The summed E-state index contributed by atoms with van der Waals surface area (Å²) in [4.78, 5) is 12.7. The van der Waals surface area contributed by atoms with E-state index in [1.807, 2.05) is 0 Å². The van der Waals surface area contributed by atoms with Crippen LogP contribution in [0.5, 0.6) is 11.5 Å². The number of aliphatic hydroxyl groups is 3. The maximum atomic E-state index is 10.3. The molecule has 0 bridgehead atoms. The molecule has 0 aliphatic carbocycles. The molecule has 1 aromatic carbocycles. The largest absolute Gasteiger partial charge is 0.508 e. The minimum atomic E-state index is -1.24. The molecule has 4 atom stereocenters. The van der Waals surface area contributed by atoms with Crippen molar-refractivity contribution >= 4 is 17.0 Å². The number of benzene rings is 1. The topological polar surface area (TPSA) is 155 Å². The molecule has 29 heavy (non-hydrogen) atoms. The molecule has 0 amide bonds. The molecule has 1 fully saturated rings. The summed E-state index contributed by atoms with van der Waals surface area (Å²) in [6.45, 7) is -0.0616. The quantitative estimate of drug-likeness (QED) is 0.372. The number of methoxy groups -OCH3 is 1. The second-order valence-electron chi connectivity index (χ2n) is 6.62. The summed E-state index contributed by atoms with van der Waals surface area (Å²) in [6.07, 6.45) is -1.51. The molecule has 0 radical (unpaired) electrons. The number of phenols is 1. The van der Waals surface area contributed by atoms with Gasteiger partial charge in [0.05, 0.1) is 20.0 Å². The first-order valence-electron chi connectivity index (χ1n) is 8.93. The maximum absolute atomic E-state index is 10.3. The Kier molecular flexibility index (Phi) is 5.20. The third kappa shape index (κ3) is 3.44. The fourth-order valence-electron chi connectivity index (χ4n) is 3.34. The normalized spacial score (nSPS) is 24.1. The molecule has 0 spiro atoms. The van der Waals surface area contributed by atoms with Crippen molar-refractivity contribution in [3.8, 4) is 11.5 Å². The van der Waals surface area contributed by atoms with Gasteiger partial charge in [0.15, 0.2) is 23.2 Å². The molecule has 11 heteroatoms. The molecular weight excluding hydrogens is 382 g/mol. The van der Waals surface area contributed by atoms with E-state index in [2.05, 4.69) is 20.3 Å². The number of phenolic OH excluding ortho intramolecular Hbond substituents is 1. The lowest BCUT2D eigenvalue weighted by molar-refractivity contribution is -0.0511. The second-order valence-corrected chi connectivity index (χ2v) is 6.62. The van der Waals surface area contributed by atoms with Crippen LogP contribution < -0.4 is 10.1 Å². The van der Waals surface area contributed by atoms with Gasteiger partial charge in [0, 0.05) is 18.2 Å². The van der Waals surface area contributed by atoms with Gasteiger partial charge in [-0.05, 0) is 12.1 Å². The molecule has 3 aromatic rings. The average Bonchev–Trinajstić information content (AvgIpc) is 3.28. The Morgan fingerprint density at radius 2 is 2.03 bits per heavy atom. The number of nitrogens with one attached hydrogen (secondary N) is 1. The van der Waals surface area contributed by atoms with Crippen LogP contribution in [-0.4, -0.2) is 72.0 Å². The molecule has 2 aromatic heterocycles. The highest BCUT2D eigenvalue weighted by molar-refractivity contribution is 5.82. The Morgan fingerprint density at radius 1 is 1.21 bits per heavy atom. The highest BCUT2D eigenvalue weighted by Crippen LogP contribution is 2.32. The first-order valence-corrected chi connectivity index (χ1v) is 8.93. The number of ether oxygens (including phenoxy) is 2. The molecule has 154 valence electrons. The van der Waals surface area contributed by atoms with Gasteiger partial charge in [0.25, 0.3) is 0 Å². The van der Waals surface area contributed by atoms with Crippen molar-refractivity contribution in [2.45, 2.75) is 31.1 Å². The van der Waals surface area contributed by atoms with Crippen LogP contribution in [0.4, 0.5) is 5.82 Å². The summed E-state index contributed by atoms with van der Waals surface area (Å²) < 4.78 is 12.3. The Bertz CT molecular complexity index is 1010. The number of anilines is 1. The van der Waals surface area contributed by atoms with E-state index in [1.54, 1.807) is 12.1 Å². The van der Waals surface area contributed by atoms with E-state index in [0.29, 0.717) is 29.3 Å². The summed E-state index contributed by atoms with van der Waals surface area (Å²) in [5, 5.41) is 42.3. The number of aromatic nitrogens is 4. The van der Waals surface area contributed by atoms with Gasteiger partial charge in [0.2, 0.25) is 0 Å². The number of aliphatic hydroxyl groups excluding tert-OH is 3. The summed E-state index contributed by atoms with van der Waals surface area (Å²) >= 11 is 0. The van der Waals surface area contributed by atoms with E-state index in [0.717, 1.165) is 5.56 Å². The Hall–Kier alpha value is -2.99. The van der Waals surface area contributed by atoms with Crippen LogP contribution in [0.2, 0.25) is 0 Å². The lowest BCUT2D eigenvalue weighted by Crippen LogP contribution is -2.33. The van der Waals surface area contributed by atoms with Gasteiger partial charge in [-0.3, -0.25) is 4.57 Å². The van der Waals surface area contributed by atoms with Crippen LogP contribution in [-0.2, 0) is 11.3 Å². The molecule has 1 aliphatic heterocycles. The van der Waals surface area contributed by atoms with Gasteiger partial charge in [-0.2, -0.15) is 0 Å². The number of imidazole rings is 1. The van der Waals surface area contributed by atoms with Gasteiger partial charge in [0.1, 0.15) is 36.1 Å². The molecular formula is C18H21N5O6. The molecule has 4 rings (SSSR count). The zero-order valence-electron chi connectivity index (χ0n) is 15.5.